The van der Waals surface area contributed by atoms with E-state index in [4.69, 9.17) is 0 Å². The maximum absolute atomic E-state index is 12.6. The summed E-state index contributed by atoms with van der Waals surface area (Å²) >= 11 is 1.01. The number of thiazole rings is 1. The summed E-state index contributed by atoms with van der Waals surface area (Å²) in [5.74, 6) is 0.573. The van der Waals surface area contributed by atoms with E-state index >= 15 is 0 Å². The largest absolute Gasteiger partial charge is 0.434 e. The monoisotopic (exact) mass is 408 g/mol. The second kappa shape index (κ2) is 8.87. The lowest BCUT2D eigenvalue weighted by atomic mass is 10.2. The van der Waals surface area contributed by atoms with Gasteiger partial charge in [-0.3, -0.25) is 4.99 Å². The van der Waals surface area contributed by atoms with Crippen LogP contribution in [0.3, 0.4) is 0 Å². The predicted octanol–water partition coefficient (Wildman–Crippen LogP) is 3.26. The molecule has 0 aliphatic carbocycles. The molecule has 0 aliphatic rings. The summed E-state index contributed by atoms with van der Waals surface area (Å²) in [4.78, 5) is 7.73. The van der Waals surface area contributed by atoms with E-state index in [0.717, 1.165) is 28.0 Å². The van der Waals surface area contributed by atoms with Crippen LogP contribution in [-0.4, -0.2) is 34.3 Å². The van der Waals surface area contributed by atoms with Crippen molar-refractivity contribution in [2.24, 2.45) is 4.99 Å². The van der Waals surface area contributed by atoms with E-state index in [2.05, 4.69) is 25.7 Å². The predicted molar refractivity (Wildman–Crippen MR) is 103 cm³/mol. The van der Waals surface area contributed by atoms with E-state index in [0.29, 0.717) is 30.5 Å². The van der Waals surface area contributed by atoms with E-state index in [1.54, 1.807) is 17.9 Å². The zero-order valence-electron chi connectivity index (χ0n) is 15.1. The van der Waals surface area contributed by atoms with E-state index in [-0.39, 0.29) is 0 Å². The Morgan fingerprint density at radius 2 is 2.00 bits per heavy atom. The molecule has 6 nitrogen and oxygen atoms in total. The number of rotatable bonds is 6. The van der Waals surface area contributed by atoms with Crippen LogP contribution in [0.5, 0.6) is 0 Å². The van der Waals surface area contributed by atoms with Crippen molar-refractivity contribution >= 4 is 17.3 Å². The number of benzene rings is 1. The fourth-order valence-electron chi connectivity index (χ4n) is 2.44. The summed E-state index contributed by atoms with van der Waals surface area (Å²) in [6.45, 7) is 0.997. The van der Waals surface area contributed by atoms with Crippen LogP contribution in [0.25, 0.3) is 5.69 Å². The minimum atomic E-state index is -4.40. The normalized spacial score (nSPS) is 12.2. The van der Waals surface area contributed by atoms with Gasteiger partial charge in [-0.2, -0.15) is 18.3 Å². The zero-order chi connectivity index (χ0) is 20.0. The number of guanidine groups is 1. The molecule has 2 heterocycles. The summed E-state index contributed by atoms with van der Waals surface area (Å²) in [7, 11) is 1.64. The molecule has 0 aliphatic heterocycles. The zero-order valence-corrected chi connectivity index (χ0v) is 15.9. The quantitative estimate of drug-likeness (QED) is 0.485. The number of hydrogen-bond donors (Lipinski definition) is 2. The van der Waals surface area contributed by atoms with Crippen LogP contribution in [0.1, 0.15) is 16.3 Å². The average Bonchev–Trinajstić information content (AvgIpc) is 3.36. The van der Waals surface area contributed by atoms with E-state index < -0.39 is 11.9 Å². The van der Waals surface area contributed by atoms with Gasteiger partial charge in [0.2, 0.25) is 0 Å². The summed E-state index contributed by atoms with van der Waals surface area (Å²) in [6.07, 6.45) is -0.410. The van der Waals surface area contributed by atoms with Crippen LogP contribution in [0.15, 0.2) is 53.1 Å². The minimum absolute atomic E-state index is 0.389. The lowest BCUT2D eigenvalue weighted by molar-refractivity contribution is -0.140. The van der Waals surface area contributed by atoms with E-state index in [9.17, 15) is 13.2 Å². The van der Waals surface area contributed by atoms with Crippen molar-refractivity contribution in [2.45, 2.75) is 19.1 Å². The van der Waals surface area contributed by atoms with Gasteiger partial charge in [0.15, 0.2) is 11.7 Å². The van der Waals surface area contributed by atoms with Gasteiger partial charge in [0.1, 0.15) is 0 Å². The number of hydrogen-bond acceptors (Lipinski definition) is 4. The molecule has 0 bridgehead atoms. The fourth-order valence-corrected chi connectivity index (χ4v) is 3.24. The van der Waals surface area contributed by atoms with Gasteiger partial charge >= 0.3 is 6.18 Å². The molecule has 2 N–H and O–H groups in total. The van der Waals surface area contributed by atoms with Crippen LogP contribution in [0, 0.1) is 0 Å². The molecule has 2 aromatic heterocycles. The first-order valence-electron chi connectivity index (χ1n) is 8.51. The Bertz CT molecular complexity index is 900. The van der Waals surface area contributed by atoms with E-state index in [1.807, 2.05) is 36.5 Å². The molecule has 0 fully saturated rings. The Balaban J connectivity index is 1.45. The highest BCUT2D eigenvalue weighted by Gasteiger charge is 2.33. The van der Waals surface area contributed by atoms with Crippen molar-refractivity contribution in [1.29, 1.82) is 0 Å². The molecule has 28 heavy (non-hydrogen) atoms. The molecule has 0 saturated carbocycles. The molecule has 148 valence electrons. The second-order valence-electron chi connectivity index (χ2n) is 5.84. The SMILES string of the molecule is CN=C(NCCc1nc(C(F)(F)F)cs1)NCc1ccc(-n2cccn2)cc1. The number of aliphatic imine (C=N–C) groups is 1. The van der Waals surface area contributed by atoms with Gasteiger partial charge in [0, 0.05) is 44.3 Å². The van der Waals surface area contributed by atoms with Crippen molar-refractivity contribution in [1.82, 2.24) is 25.4 Å². The fraction of sp³-hybridized carbons (Fsp3) is 0.278. The summed E-state index contributed by atoms with van der Waals surface area (Å²) in [6, 6.07) is 9.79. The number of halogens is 3. The number of aromatic nitrogens is 3. The lowest BCUT2D eigenvalue weighted by Crippen LogP contribution is -2.37. The minimum Gasteiger partial charge on any atom is -0.356 e. The van der Waals surface area contributed by atoms with E-state index in [1.165, 1.54) is 0 Å². The topological polar surface area (TPSA) is 67.1 Å². The highest BCUT2D eigenvalue weighted by Crippen LogP contribution is 2.29. The molecule has 3 aromatic rings. The first kappa shape index (κ1) is 19.9. The Morgan fingerprint density at radius 1 is 1.21 bits per heavy atom. The number of nitrogens with one attached hydrogen (secondary N) is 2. The molecule has 0 unspecified atom stereocenters. The molecular weight excluding hydrogens is 389 g/mol. The molecule has 0 saturated heterocycles. The third kappa shape index (κ3) is 5.32. The molecule has 0 spiro atoms. The Morgan fingerprint density at radius 3 is 2.61 bits per heavy atom. The Labute approximate surface area is 164 Å². The Hall–Kier alpha value is -2.88. The molecule has 0 amide bonds. The van der Waals surface area contributed by atoms with Gasteiger partial charge in [-0.1, -0.05) is 12.1 Å². The van der Waals surface area contributed by atoms with Crippen molar-refractivity contribution in [3.63, 3.8) is 0 Å². The van der Waals surface area contributed by atoms with Gasteiger partial charge < -0.3 is 10.6 Å². The van der Waals surface area contributed by atoms with Gasteiger partial charge in [-0.25, -0.2) is 9.67 Å². The number of alkyl halides is 3. The van der Waals surface area contributed by atoms with Crippen LogP contribution in [0.4, 0.5) is 13.2 Å². The van der Waals surface area contributed by atoms with Crippen LogP contribution in [0.2, 0.25) is 0 Å². The lowest BCUT2D eigenvalue weighted by Gasteiger charge is -2.12. The maximum Gasteiger partial charge on any atom is 0.434 e. The standard InChI is InChI=1S/C18H19F3N6S/c1-22-17(23-9-7-16-26-15(12-28-16)18(19,20)21)24-11-13-3-5-14(6-4-13)27-10-2-8-25-27/h2-6,8,10,12H,7,9,11H2,1H3,(H2,22,23,24). The first-order chi connectivity index (χ1) is 13.5. The van der Waals surface area contributed by atoms with Gasteiger partial charge in [-0.15, -0.1) is 11.3 Å². The maximum atomic E-state index is 12.6. The molecule has 10 heteroatoms. The molecule has 1 aromatic carbocycles. The van der Waals surface area contributed by atoms with Crippen molar-refractivity contribution in [3.05, 3.63) is 64.4 Å². The number of nitrogens with zero attached hydrogens (tertiary/aromatic N) is 4. The smallest absolute Gasteiger partial charge is 0.356 e. The molecule has 0 radical (unpaired) electrons. The van der Waals surface area contributed by atoms with Gasteiger partial charge in [0.05, 0.1) is 10.7 Å². The second-order valence-corrected chi connectivity index (χ2v) is 6.79. The van der Waals surface area contributed by atoms with Crippen LogP contribution < -0.4 is 10.6 Å². The first-order valence-corrected chi connectivity index (χ1v) is 9.39. The third-order valence-corrected chi connectivity index (χ3v) is 4.77. The highest BCUT2D eigenvalue weighted by molar-refractivity contribution is 7.09. The van der Waals surface area contributed by atoms with Crippen molar-refractivity contribution in [3.8, 4) is 5.69 Å². The Kier molecular flexibility index (Phi) is 6.30. The van der Waals surface area contributed by atoms with Crippen molar-refractivity contribution in [2.75, 3.05) is 13.6 Å². The highest BCUT2D eigenvalue weighted by atomic mass is 32.1. The molecular formula is C18H19F3N6S. The van der Waals surface area contributed by atoms with Crippen LogP contribution in [-0.2, 0) is 19.1 Å². The molecule has 0 atom stereocenters. The van der Waals surface area contributed by atoms with Gasteiger partial charge in [0.25, 0.3) is 0 Å². The summed E-state index contributed by atoms with van der Waals surface area (Å²) in [5.41, 5.74) is 1.19. The third-order valence-electron chi connectivity index (χ3n) is 3.86. The summed E-state index contributed by atoms with van der Waals surface area (Å²) in [5, 5.41) is 11.9. The summed E-state index contributed by atoms with van der Waals surface area (Å²) < 4.78 is 39.5. The van der Waals surface area contributed by atoms with Crippen LogP contribution >= 0.6 is 11.3 Å². The van der Waals surface area contributed by atoms with Crippen molar-refractivity contribution < 1.29 is 13.2 Å². The van der Waals surface area contributed by atoms with Gasteiger partial charge in [-0.05, 0) is 23.8 Å². The average molecular weight is 408 g/mol. The molecule has 3 rings (SSSR count).